The van der Waals surface area contributed by atoms with Crippen molar-refractivity contribution in [2.24, 2.45) is 0 Å². The lowest BCUT2D eigenvalue weighted by atomic mass is 10.1. The normalized spacial score (nSPS) is 10.0. The molecule has 0 unspecified atom stereocenters. The van der Waals surface area contributed by atoms with E-state index >= 15 is 0 Å². The van der Waals surface area contributed by atoms with Gasteiger partial charge < -0.3 is 4.74 Å². The lowest BCUT2D eigenvalue weighted by Crippen LogP contribution is -2.27. The molecule has 0 aliphatic rings. The number of rotatable bonds is 5. The monoisotopic (exact) mass is 374 g/mol. The number of nitriles is 1. The Hall–Kier alpha value is -2.46. The van der Waals surface area contributed by atoms with Crippen molar-refractivity contribution >= 4 is 27.7 Å². The van der Waals surface area contributed by atoms with Crippen molar-refractivity contribution < 1.29 is 9.53 Å². The first-order chi connectivity index (χ1) is 10.9. The van der Waals surface area contributed by atoms with Crippen LogP contribution in [0.1, 0.15) is 21.7 Å². The molecule has 0 saturated carbocycles. The molecule has 0 spiro atoms. The van der Waals surface area contributed by atoms with Crippen molar-refractivity contribution in [2.75, 3.05) is 18.6 Å². The number of anilines is 1. The number of aryl methyl sites for hydroxylation is 2. The Morgan fingerprint density at radius 1 is 1.30 bits per heavy atom. The Labute approximate surface area is 142 Å². The highest BCUT2D eigenvalue weighted by molar-refractivity contribution is 9.10. The van der Waals surface area contributed by atoms with Gasteiger partial charge in [-0.15, -0.1) is 0 Å². The Balaban J connectivity index is 2.23. The Bertz CT molecular complexity index is 766. The van der Waals surface area contributed by atoms with Crippen molar-refractivity contribution in [3.8, 4) is 11.9 Å². The zero-order valence-corrected chi connectivity index (χ0v) is 14.6. The van der Waals surface area contributed by atoms with Crippen molar-refractivity contribution in [3.05, 3.63) is 45.7 Å². The summed E-state index contributed by atoms with van der Waals surface area (Å²) in [6.45, 7) is 3.50. The maximum absolute atomic E-state index is 12.4. The molecule has 7 heteroatoms. The number of carbonyl (C=O) groups excluding carboxylic acids is 1. The molecule has 0 aliphatic heterocycles. The molecule has 0 amide bonds. The average molecular weight is 375 g/mol. The average Bonchev–Trinajstić information content (AvgIpc) is 2.51. The maximum Gasteiger partial charge on any atom is 0.239 e. The van der Waals surface area contributed by atoms with Crippen molar-refractivity contribution in [1.82, 2.24) is 9.97 Å². The second-order valence-electron chi connectivity index (χ2n) is 4.91. The molecule has 0 fully saturated rings. The first-order valence-electron chi connectivity index (χ1n) is 6.81. The van der Waals surface area contributed by atoms with Gasteiger partial charge in [-0.3, -0.25) is 4.79 Å². The Morgan fingerprint density at radius 2 is 1.96 bits per heavy atom. The number of aromatic nitrogens is 2. The predicted molar refractivity (Wildman–Crippen MR) is 89.5 cm³/mol. The van der Waals surface area contributed by atoms with E-state index in [1.807, 2.05) is 26.1 Å². The van der Waals surface area contributed by atoms with Crippen LogP contribution in [0.25, 0.3) is 0 Å². The van der Waals surface area contributed by atoms with Gasteiger partial charge >= 0.3 is 0 Å². The summed E-state index contributed by atoms with van der Waals surface area (Å²) in [6, 6.07) is 6.83. The molecule has 0 atom stereocenters. The maximum atomic E-state index is 12.4. The second-order valence-corrected chi connectivity index (χ2v) is 5.76. The summed E-state index contributed by atoms with van der Waals surface area (Å²) >= 11 is 3.34. The topological polar surface area (TPSA) is 79.1 Å². The van der Waals surface area contributed by atoms with Gasteiger partial charge in [0, 0.05) is 17.0 Å². The molecular weight excluding hydrogens is 360 g/mol. The predicted octanol–water partition coefficient (Wildman–Crippen LogP) is 3.03. The SMILES string of the molecule is COc1ccc(C(=O)CN(C#N)c2nc(C)cc(C)n2)cc1Br. The van der Waals surface area contributed by atoms with Crippen LogP contribution < -0.4 is 9.64 Å². The van der Waals surface area contributed by atoms with Gasteiger partial charge in [-0.05, 0) is 54.0 Å². The molecule has 2 aromatic rings. The molecule has 0 bridgehead atoms. The summed E-state index contributed by atoms with van der Waals surface area (Å²) in [5.41, 5.74) is 1.96. The van der Waals surface area contributed by atoms with E-state index < -0.39 is 0 Å². The minimum absolute atomic E-state index is 0.127. The lowest BCUT2D eigenvalue weighted by Gasteiger charge is -2.14. The Kier molecular flexibility index (Phi) is 5.29. The first-order valence-corrected chi connectivity index (χ1v) is 7.60. The number of halogens is 1. The molecule has 118 valence electrons. The summed E-state index contributed by atoms with van der Waals surface area (Å²) in [5, 5.41) is 9.31. The van der Waals surface area contributed by atoms with E-state index in [9.17, 15) is 10.1 Å². The summed E-state index contributed by atoms with van der Waals surface area (Å²) in [7, 11) is 1.55. The zero-order chi connectivity index (χ0) is 17.0. The molecule has 0 aliphatic carbocycles. The number of carbonyl (C=O) groups is 1. The third-order valence-corrected chi connectivity index (χ3v) is 3.73. The molecule has 0 N–H and O–H groups in total. The quantitative estimate of drug-likeness (QED) is 0.454. The molecule has 2 rings (SSSR count). The number of hydrogen-bond donors (Lipinski definition) is 0. The van der Waals surface area contributed by atoms with Gasteiger partial charge in [-0.1, -0.05) is 0 Å². The van der Waals surface area contributed by atoms with Gasteiger partial charge in [-0.25, -0.2) is 14.9 Å². The molecule has 6 nitrogen and oxygen atoms in total. The van der Waals surface area contributed by atoms with E-state index in [2.05, 4.69) is 25.9 Å². The van der Waals surface area contributed by atoms with Crippen LogP contribution in [-0.2, 0) is 0 Å². The van der Waals surface area contributed by atoms with Gasteiger partial charge in [-0.2, -0.15) is 5.26 Å². The van der Waals surface area contributed by atoms with Crippen molar-refractivity contribution in [2.45, 2.75) is 13.8 Å². The smallest absolute Gasteiger partial charge is 0.239 e. The number of hydrogen-bond acceptors (Lipinski definition) is 6. The molecule has 0 saturated heterocycles. The fourth-order valence-corrected chi connectivity index (χ4v) is 2.59. The fourth-order valence-electron chi connectivity index (χ4n) is 2.05. The molecule has 1 aromatic heterocycles. The van der Waals surface area contributed by atoms with Crippen LogP contribution >= 0.6 is 15.9 Å². The fraction of sp³-hybridized carbons (Fsp3) is 0.250. The molecule has 1 aromatic carbocycles. The Morgan fingerprint density at radius 3 is 2.48 bits per heavy atom. The molecule has 1 heterocycles. The minimum Gasteiger partial charge on any atom is -0.496 e. The van der Waals surface area contributed by atoms with Crippen LogP contribution in [0, 0.1) is 25.3 Å². The number of Topliss-reactive ketones (excluding diaryl/α,β-unsaturated/α-hetero) is 1. The number of nitrogens with zero attached hydrogens (tertiary/aromatic N) is 4. The minimum atomic E-state index is -0.210. The van der Waals surface area contributed by atoms with Crippen molar-refractivity contribution in [1.29, 1.82) is 5.26 Å². The summed E-state index contributed by atoms with van der Waals surface area (Å²) < 4.78 is 5.81. The van der Waals surface area contributed by atoms with Gasteiger partial charge in [0.1, 0.15) is 5.75 Å². The summed E-state index contributed by atoms with van der Waals surface area (Å²) in [5.74, 6) is 0.653. The number of benzene rings is 1. The summed E-state index contributed by atoms with van der Waals surface area (Å²) in [4.78, 5) is 22.0. The highest BCUT2D eigenvalue weighted by Gasteiger charge is 2.17. The highest BCUT2D eigenvalue weighted by atomic mass is 79.9. The lowest BCUT2D eigenvalue weighted by molar-refractivity contribution is 0.100. The molecular formula is C16H15BrN4O2. The second kappa shape index (κ2) is 7.20. The van der Waals surface area contributed by atoms with Gasteiger partial charge in [0.05, 0.1) is 18.1 Å². The summed E-state index contributed by atoms with van der Waals surface area (Å²) in [6.07, 6.45) is 1.96. The van der Waals surface area contributed by atoms with E-state index in [1.165, 1.54) is 4.90 Å². The van der Waals surface area contributed by atoms with Gasteiger partial charge in [0.2, 0.25) is 5.95 Å². The third kappa shape index (κ3) is 4.05. The van der Waals surface area contributed by atoms with Crippen LogP contribution in [0.4, 0.5) is 5.95 Å². The van der Waals surface area contributed by atoms with E-state index in [0.717, 1.165) is 11.4 Å². The van der Waals surface area contributed by atoms with Gasteiger partial charge in [0.15, 0.2) is 12.0 Å². The zero-order valence-electron chi connectivity index (χ0n) is 13.0. The highest BCUT2D eigenvalue weighted by Crippen LogP contribution is 2.25. The largest absolute Gasteiger partial charge is 0.496 e. The van der Waals surface area contributed by atoms with E-state index in [0.29, 0.717) is 15.8 Å². The first kappa shape index (κ1) is 16.9. The van der Waals surface area contributed by atoms with Crippen molar-refractivity contribution in [3.63, 3.8) is 0 Å². The van der Waals surface area contributed by atoms with Gasteiger partial charge in [0.25, 0.3) is 0 Å². The van der Waals surface area contributed by atoms with Crippen LogP contribution in [0.5, 0.6) is 5.75 Å². The van der Waals surface area contributed by atoms with Crippen LogP contribution in [0.15, 0.2) is 28.7 Å². The van der Waals surface area contributed by atoms with Crippen LogP contribution in [-0.4, -0.2) is 29.4 Å². The molecule has 0 radical (unpaired) electrons. The number of ketones is 1. The van der Waals surface area contributed by atoms with E-state index in [1.54, 1.807) is 25.3 Å². The number of methoxy groups -OCH3 is 1. The van der Waals surface area contributed by atoms with E-state index in [4.69, 9.17) is 4.74 Å². The van der Waals surface area contributed by atoms with Crippen LogP contribution in [0.2, 0.25) is 0 Å². The third-order valence-electron chi connectivity index (χ3n) is 3.11. The molecule has 23 heavy (non-hydrogen) atoms. The van der Waals surface area contributed by atoms with Crippen LogP contribution in [0.3, 0.4) is 0 Å². The van der Waals surface area contributed by atoms with E-state index in [-0.39, 0.29) is 18.3 Å². The number of ether oxygens (including phenoxy) is 1. The standard InChI is InChI=1S/C16H15BrN4O2/c1-10-6-11(2)20-16(19-10)21(9-18)8-14(22)12-4-5-15(23-3)13(17)7-12/h4-7H,8H2,1-3H3.